The van der Waals surface area contributed by atoms with E-state index in [0.717, 1.165) is 5.75 Å². The van der Waals surface area contributed by atoms with Gasteiger partial charge in [0.25, 0.3) is 0 Å². The van der Waals surface area contributed by atoms with Crippen LogP contribution >= 0.6 is 11.8 Å². The highest BCUT2D eigenvalue weighted by Crippen LogP contribution is 2.16. The Morgan fingerprint density at radius 2 is 2.00 bits per heavy atom. The maximum atomic E-state index is 12.1. The molecule has 0 radical (unpaired) electrons. The monoisotopic (exact) mass is 333 g/mol. The van der Waals surface area contributed by atoms with Gasteiger partial charge in [0.1, 0.15) is 5.75 Å². The predicted molar refractivity (Wildman–Crippen MR) is 82.4 cm³/mol. The van der Waals surface area contributed by atoms with E-state index in [0.29, 0.717) is 11.5 Å². The maximum absolute atomic E-state index is 12.1. The van der Waals surface area contributed by atoms with Gasteiger partial charge in [0.15, 0.2) is 6.61 Å². The lowest BCUT2D eigenvalue weighted by Gasteiger charge is -2.13. The zero-order valence-electron chi connectivity index (χ0n) is 11.9. The highest BCUT2D eigenvalue weighted by atomic mass is 32.2. The normalized spacial score (nSPS) is 12.9. The second-order valence-electron chi connectivity index (χ2n) is 4.34. The number of carboxylic acid groups (broad SMARTS) is 1. The molecule has 1 unspecified atom stereocenters. The van der Waals surface area contributed by atoms with Gasteiger partial charge in [0.2, 0.25) is 10.0 Å². The first-order valence-corrected chi connectivity index (χ1v) is 9.03. The molecule has 8 heteroatoms. The van der Waals surface area contributed by atoms with Crippen molar-refractivity contribution >= 4 is 27.8 Å². The number of aliphatic carboxylic acids is 1. The Kier molecular flexibility index (Phi) is 7.00. The van der Waals surface area contributed by atoms with Crippen LogP contribution in [-0.4, -0.2) is 43.6 Å². The summed E-state index contributed by atoms with van der Waals surface area (Å²) in [4.78, 5) is 10.5. The molecule has 0 aliphatic rings. The molecule has 6 nitrogen and oxygen atoms in total. The average molecular weight is 333 g/mol. The van der Waals surface area contributed by atoms with Crippen molar-refractivity contribution in [3.8, 4) is 5.75 Å². The van der Waals surface area contributed by atoms with Gasteiger partial charge in [0.05, 0.1) is 4.90 Å². The Morgan fingerprint density at radius 3 is 2.52 bits per heavy atom. The van der Waals surface area contributed by atoms with Gasteiger partial charge in [-0.1, -0.05) is 6.92 Å². The molecular formula is C13H19NO5S2. The quantitative estimate of drug-likeness (QED) is 0.712. The molecular weight excluding hydrogens is 314 g/mol. The number of carbonyl (C=O) groups is 1. The smallest absolute Gasteiger partial charge is 0.341 e. The zero-order valence-corrected chi connectivity index (χ0v) is 13.5. The van der Waals surface area contributed by atoms with Crippen molar-refractivity contribution in [2.45, 2.75) is 24.8 Å². The molecule has 0 aliphatic carbocycles. The van der Waals surface area contributed by atoms with Crippen molar-refractivity contribution in [1.29, 1.82) is 0 Å². The minimum Gasteiger partial charge on any atom is -0.482 e. The number of hydrogen-bond acceptors (Lipinski definition) is 5. The molecule has 2 N–H and O–H groups in total. The van der Waals surface area contributed by atoms with E-state index in [9.17, 15) is 13.2 Å². The fourth-order valence-electron chi connectivity index (χ4n) is 1.52. The molecule has 0 fully saturated rings. The van der Waals surface area contributed by atoms with E-state index in [2.05, 4.69) is 4.72 Å². The Hall–Kier alpha value is -1.25. The fraction of sp³-hybridized carbons (Fsp3) is 0.462. The van der Waals surface area contributed by atoms with Crippen LogP contribution in [0.15, 0.2) is 29.2 Å². The lowest BCUT2D eigenvalue weighted by Crippen LogP contribution is -2.34. The number of nitrogens with one attached hydrogen (secondary N) is 1. The van der Waals surface area contributed by atoms with Gasteiger partial charge < -0.3 is 9.84 Å². The van der Waals surface area contributed by atoms with Gasteiger partial charge in [-0.15, -0.1) is 0 Å². The highest BCUT2D eigenvalue weighted by molar-refractivity contribution is 7.99. The average Bonchev–Trinajstić information content (AvgIpc) is 2.43. The topological polar surface area (TPSA) is 92.7 Å². The third-order valence-corrected chi connectivity index (χ3v) is 5.17. The second-order valence-corrected chi connectivity index (χ2v) is 7.37. The van der Waals surface area contributed by atoms with Crippen molar-refractivity contribution in [2.24, 2.45) is 0 Å². The highest BCUT2D eigenvalue weighted by Gasteiger charge is 2.17. The van der Waals surface area contributed by atoms with Crippen LogP contribution in [0.25, 0.3) is 0 Å². The summed E-state index contributed by atoms with van der Waals surface area (Å²) in [5, 5.41) is 8.50. The van der Waals surface area contributed by atoms with Crippen LogP contribution in [0.4, 0.5) is 0 Å². The molecule has 0 spiro atoms. The van der Waals surface area contributed by atoms with Crippen LogP contribution < -0.4 is 9.46 Å². The largest absolute Gasteiger partial charge is 0.482 e. The van der Waals surface area contributed by atoms with E-state index in [-0.39, 0.29) is 10.9 Å². The van der Waals surface area contributed by atoms with Crippen LogP contribution in [0.1, 0.15) is 13.8 Å². The molecule has 0 heterocycles. The van der Waals surface area contributed by atoms with Crippen molar-refractivity contribution < 1.29 is 23.1 Å². The Labute approximate surface area is 128 Å². The number of sulfonamides is 1. The lowest BCUT2D eigenvalue weighted by atomic mass is 10.3. The van der Waals surface area contributed by atoms with Crippen LogP contribution in [0.5, 0.6) is 5.75 Å². The zero-order chi connectivity index (χ0) is 15.9. The number of hydrogen-bond donors (Lipinski definition) is 2. The summed E-state index contributed by atoms with van der Waals surface area (Å²) in [6.07, 6.45) is 0. The lowest BCUT2D eigenvalue weighted by molar-refractivity contribution is -0.139. The van der Waals surface area contributed by atoms with Crippen LogP contribution in [0, 0.1) is 0 Å². The third kappa shape index (κ3) is 6.36. The minimum atomic E-state index is -3.57. The van der Waals surface area contributed by atoms with Crippen LogP contribution in [0.3, 0.4) is 0 Å². The molecule has 1 rings (SSSR count). The molecule has 0 saturated carbocycles. The van der Waals surface area contributed by atoms with E-state index in [1.165, 1.54) is 24.3 Å². The molecule has 1 aromatic carbocycles. The molecule has 0 saturated heterocycles. The number of benzene rings is 1. The van der Waals surface area contributed by atoms with Crippen molar-refractivity contribution in [3.63, 3.8) is 0 Å². The summed E-state index contributed by atoms with van der Waals surface area (Å²) in [6.45, 7) is 3.36. The standard InChI is InChI=1S/C13H19NO5S2/c1-3-20-9-10(2)14-21(17,18)12-6-4-11(5-7-12)19-8-13(15)16/h4-7,10,14H,3,8-9H2,1-2H3,(H,15,16). The summed E-state index contributed by atoms with van der Waals surface area (Å²) >= 11 is 1.66. The van der Waals surface area contributed by atoms with Crippen molar-refractivity contribution in [3.05, 3.63) is 24.3 Å². The maximum Gasteiger partial charge on any atom is 0.341 e. The summed E-state index contributed by atoms with van der Waals surface area (Å²) in [6, 6.07) is 5.48. The Bertz CT molecular complexity index is 556. The molecule has 0 amide bonds. The van der Waals surface area contributed by atoms with Gasteiger partial charge in [-0.05, 0) is 36.9 Å². The summed E-state index contributed by atoms with van der Waals surface area (Å²) < 4.78 is 31.8. The molecule has 0 bridgehead atoms. The molecule has 1 atom stereocenters. The molecule has 118 valence electrons. The van der Waals surface area contributed by atoms with E-state index in [1.54, 1.807) is 11.8 Å². The number of rotatable bonds is 9. The Balaban J connectivity index is 2.68. The van der Waals surface area contributed by atoms with Gasteiger partial charge in [-0.3, -0.25) is 0 Å². The van der Waals surface area contributed by atoms with Crippen molar-refractivity contribution in [1.82, 2.24) is 4.72 Å². The molecule has 21 heavy (non-hydrogen) atoms. The van der Waals surface area contributed by atoms with E-state index >= 15 is 0 Å². The summed E-state index contributed by atoms with van der Waals surface area (Å²) in [5.74, 6) is 0.860. The first kappa shape index (κ1) is 17.8. The summed E-state index contributed by atoms with van der Waals surface area (Å²) in [5.41, 5.74) is 0. The number of thioether (sulfide) groups is 1. The fourth-order valence-corrected chi connectivity index (χ4v) is 3.54. The third-order valence-electron chi connectivity index (χ3n) is 2.42. The number of ether oxygens (including phenoxy) is 1. The first-order chi connectivity index (χ1) is 9.85. The van der Waals surface area contributed by atoms with Gasteiger partial charge >= 0.3 is 5.97 Å². The summed E-state index contributed by atoms with van der Waals surface area (Å²) in [7, 11) is -3.57. The van der Waals surface area contributed by atoms with Crippen molar-refractivity contribution in [2.75, 3.05) is 18.1 Å². The second kappa shape index (κ2) is 8.26. The number of carboxylic acids is 1. The molecule has 0 aliphatic heterocycles. The van der Waals surface area contributed by atoms with Gasteiger partial charge in [0, 0.05) is 11.8 Å². The van der Waals surface area contributed by atoms with Crippen LogP contribution in [0.2, 0.25) is 0 Å². The molecule has 0 aromatic heterocycles. The van der Waals surface area contributed by atoms with Crippen LogP contribution in [-0.2, 0) is 14.8 Å². The van der Waals surface area contributed by atoms with E-state index in [1.807, 2.05) is 13.8 Å². The van der Waals surface area contributed by atoms with Gasteiger partial charge in [-0.25, -0.2) is 17.9 Å². The SMILES string of the molecule is CCSCC(C)NS(=O)(=O)c1ccc(OCC(=O)O)cc1. The van der Waals surface area contributed by atoms with Gasteiger partial charge in [-0.2, -0.15) is 11.8 Å². The minimum absolute atomic E-state index is 0.124. The Morgan fingerprint density at radius 1 is 1.38 bits per heavy atom. The van der Waals surface area contributed by atoms with E-state index < -0.39 is 22.6 Å². The molecule has 1 aromatic rings. The van der Waals surface area contributed by atoms with E-state index in [4.69, 9.17) is 9.84 Å². The first-order valence-electron chi connectivity index (χ1n) is 6.40. The predicted octanol–water partition coefficient (Wildman–Crippen LogP) is 1.57.